The zero-order chi connectivity index (χ0) is 12.4. The minimum Gasteiger partial charge on any atom is -0.324 e. The highest BCUT2D eigenvalue weighted by Gasteiger charge is 2.13. The predicted octanol–water partition coefficient (Wildman–Crippen LogP) is 1.37. The summed E-state index contributed by atoms with van der Waals surface area (Å²) in [6.07, 6.45) is 9.56. The smallest absolute Gasteiger partial charge is 0.0892 e. The number of rotatable bonds is 3. The van der Waals surface area contributed by atoms with Crippen LogP contribution in [0.5, 0.6) is 0 Å². The standard InChI is InChI=1S/C13H13N5/c14-12(7-10-3-1-2-4-16-10)11-8-17-18-6-5-15-9-13(11)18/h1-6,8-9,12H,7,14H2. The molecule has 0 aliphatic carbocycles. The fourth-order valence-corrected chi connectivity index (χ4v) is 1.99. The van der Waals surface area contributed by atoms with E-state index in [1.54, 1.807) is 29.3 Å². The SMILES string of the molecule is NC(Cc1ccccn1)c1cnn2ccncc12. The number of fused-ring (bicyclic) bond motifs is 1. The first-order valence-corrected chi connectivity index (χ1v) is 5.77. The number of hydrogen-bond donors (Lipinski definition) is 1. The van der Waals surface area contributed by atoms with Crippen LogP contribution in [0.1, 0.15) is 17.3 Å². The first-order chi connectivity index (χ1) is 8.84. The molecule has 1 unspecified atom stereocenters. The zero-order valence-corrected chi connectivity index (χ0v) is 9.77. The molecule has 0 spiro atoms. The topological polar surface area (TPSA) is 69.1 Å². The summed E-state index contributed by atoms with van der Waals surface area (Å²) in [6.45, 7) is 0. The Labute approximate surface area is 104 Å². The van der Waals surface area contributed by atoms with Crippen LogP contribution in [0.25, 0.3) is 5.52 Å². The van der Waals surface area contributed by atoms with E-state index < -0.39 is 0 Å². The Morgan fingerprint density at radius 1 is 1.22 bits per heavy atom. The molecule has 90 valence electrons. The molecule has 3 heterocycles. The van der Waals surface area contributed by atoms with E-state index in [2.05, 4.69) is 15.1 Å². The minimum absolute atomic E-state index is 0.124. The fourth-order valence-electron chi connectivity index (χ4n) is 1.99. The number of nitrogens with two attached hydrogens (primary N) is 1. The average Bonchev–Trinajstić information content (AvgIpc) is 2.84. The van der Waals surface area contributed by atoms with Gasteiger partial charge in [0.1, 0.15) is 0 Å². The Hall–Kier alpha value is -2.27. The van der Waals surface area contributed by atoms with E-state index in [9.17, 15) is 0 Å². The van der Waals surface area contributed by atoms with Gasteiger partial charge in [-0.1, -0.05) is 6.07 Å². The summed E-state index contributed by atoms with van der Waals surface area (Å²) < 4.78 is 1.78. The molecule has 0 bridgehead atoms. The molecule has 0 aromatic carbocycles. The zero-order valence-electron chi connectivity index (χ0n) is 9.77. The van der Waals surface area contributed by atoms with Crippen LogP contribution in [0.4, 0.5) is 0 Å². The van der Waals surface area contributed by atoms with E-state index in [-0.39, 0.29) is 6.04 Å². The van der Waals surface area contributed by atoms with Gasteiger partial charge in [-0.25, -0.2) is 4.52 Å². The highest BCUT2D eigenvalue weighted by Crippen LogP contribution is 2.19. The lowest BCUT2D eigenvalue weighted by Gasteiger charge is -2.09. The number of nitrogens with zero attached hydrogens (tertiary/aromatic N) is 4. The largest absolute Gasteiger partial charge is 0.324 e. The number of hydrogen-bond acceptors (Lipinski definition) is 4. The normalized spacial score (nSPS) is 12.7. The van der Waals surface area contributed by atoms with Crippen molar-refractivity contribution in [2.24, 2.45) is 5.73 Å². The molecule has 0 radical (unpaired) electrons. The van der Waals surface area contributed by atoms with Crippen LogP contribution >= 0.6 is 0 Å². The van der Waals surface area contributed by atoms with Crippen molar-refractivity contribution in [1.82, 2.24) is 19.6 Å². The second-order valence-electron chi connectivity index (χ2n) is 4.14. The summed E-state index contributed by atoms with van der Waals surface area (Å²) >= 11 is 0. The van der Waals surface area contributed by atoms with E-state index in [1.807, 2.05) is 24.4 Å². The molecule has 0 aliphatic rings. The van der Waals surface area contributed by atoms with Gasteiger partial charge in [0.25, 0.3) is 0 Å². The van der Waals surface area contributed by atoms with E-state index in [0.717, 1.165) is 16.8 Å². The van der Waals surface area contributed by atoms with Crippen LogP contribution in [0, 0.1) is 0 Å². The molecule has 0 saturated heterocycles. The molecule has 3 rings (SSSR count). The van der Waals surface area contributed by atoms with E-state index >= 15 is 0 Å². The van der Waals surface area contributed by atoms with Gasteiger partial charge in [-0.15, -0.1) is 0 Å². The van der Waals surface area contributed by atoms with Crippen molar-refractivity contribution in [1.29, 1.82) is 0 Å². The lowest BCUT2D eigenvalue weighted by Crippen LogP contribution is -2.13. The van der Waals surface area contributed by atoms with Crippen LogP contribution in [0.2, 0.25) is 0 Å². The lowest BCUT2D eigenvalue weighted by atomic mass is 10.0. The summed E-state index contributed by atoms with van der Waals surface area (Å²) in [6, 6.07) is 5.71. The van der Waals surface area contributed by atoms with Gasteiger partial charge in [-0.3, -0.25) is 9.97 Å². The molecule has 2 N–H and O–H groups in total. The van der Waals surface area contributed by atoms with E-state index in [1.165, 1.54) is 0 Å². The molecule has 0 fully saturated rings. The predicted molar refractivity (Wildman–Crippen MR) is 67.9 cm³/mol. The van der Waals surface area contributed by atoms with Gasteiger partial charge in [-0.2, -0.15) is 5.10 Å². The van der Waals surface area contributed by atoms with Gasteiger partial charge in [0.05, 0.1) is 17.9 Å². The Balaban J connectivity index is 1.90. The monoisotopic (exact) mass is 239 g/mol. The van der Waals surface area contributed by atoms with Gasteiger partial charge in [-0.05, 0) is 12.1 Å². The maximum atomic E-state index is 6.22. The van der Waals surface area contributed by atoms with Gasteiger partial charge in [0.2, 0.25) is 0 Å². The van der Waals surface area contributed by atoms with Gasteiger partial charge >= 0.3 is 0 Å². The van der Waals surface area contributed by atoms with Crippen LogP contribution in [-0.4, -0.2) is 19.6 Å². The lowest BCUT2D eigenvalue weighted by molar-refractivity contribution is 0.711. The first-order valence-electron chi connectivity index (χ1n) is 5.77. The van der Waals surface area contributed by atoms with E-state index in [0.29, 0.717) is 6.42 Å². The summed E-state index contributed by atoms with van der Waals surface area (Å²) in [5.74, 6) is 0. The molecule has 0 aliphatic heterocycles. The molecule has 0 amide bonds. The number of aromatic nitrogens is 4. The third-order valence-electron chi connectivity index (χ3n) is 2.91. The molecule has 5 nitrogen and oxygen atoms in total. The van der Waals surface area contributed by atoms with Crippen molar-refractivity contribution < 1.29 is 0 Å². The van der Waals surface area contributed by atoms with Crippen molar-refractivity contribution in [3.8, 4) is 0 Å². The molecule has 3 aromatic heterocycles. The van der Waals surface area contributed by atoms with Crippen molar-refractivity contribution in [2.75, 3.05) is 0 Å². The summed E-state index contributed by atoms with van der Waals surface area (Å²) in [4.78, 5) is 8.39. The first kappa shape index (κ1) is 10.9. The summed E-state index contributed by atoms with van der Waals surface area (Å²) in [7, 11) is 0. The van der Waals surface area contributed by atoms with Crippen molar-refractivity contribution in [3.63, 3.8) is 0 Å². The van der Waals surface area contributed by atoms with Gasteiger partial charge < -0.3 is 5.73 Å². The molecule has 5 heteroatoms. The van der Waals surface area contributed by atoms with Crippen molar-refractivity contribution in [3.05, 3.63) is 60.4 Å². The molecule has 0 saturated carbocycles. The molecular formula is C13H13N5. The second-order valence-corrected chi connectivity index (χ2v) is 4.14. The third-order valence-corrected chi connectivity index (χ3v) is 2.91. The average molecular weight is 239 g/mol. The molecule has 3 aromatic rings. The van der Waals surface area contributed by atoms with Crippen molar-refractivity contribution in [2.45, 2.75) is 12.5 Å². The quantitative estimate of drug-likeness (QED) is 0.749. The van der Waals surface area contributed by atoms with Crippen LogP contribution in [0.3, 0.4) is 0 Å². The molecule has 18 heavy (non-hydrogen) atoms. The molecule has 1 atom stereocenters. The minimum atomic E-state index is -0.124. The number of pyridine rings is 1. The Morgan fingerprint density at radius 2 is 2.17 bits per heavy atom. The van der Waals surface area contributed by atoms with E-state index in [4.69, 9.17) is 5.73 Å². The summed E-state index contributed by atoms with van der Waals surface area (Å²) in [5, 5.41) is 4.26. The fraction of sp³-hybridized carbons (Fsp3) is 0.154. The Kier molecular flexibility index (Phi) is 2.74. The maximum absolute atomic E-state index is 6.22. The van der Waals surface area contributed by atoms with Crippen LogP contribution in [-0.2, 0) is 6.42 Å². The molecular weight excluding hydrogens is 226 g/mol. The van der Waals surface area contributed by atoms with Crippen LogP contribution < -0.4 is 5.73 Å². The van der Waals surface area contributed by atoms with Crippen LogP contribution in [0.15, 0.2) is 49.2 Å². The Bertz CT molecular complexity index is 647. The summed E-state index contributed by atoms with van der Waals surface area (Å²) in [5.41, 5.74) is 9.14. The maximum Gasteiger partial charge on any atom is 0.0892 e. The Morgan fingerprint density at radius 3 is 3.00 bits per heavy atom. The highest BCUT2D eigenvalue weighted by atomic mass is 15.2. The van der Waals surface area contributed by atoms with Gasteiger partial charge in [0, 0.05) is 42.3 Å². The second kappa shape index (κ2) is 4.54. The third kappa shape index (κ3) is 1.96. The van der Waals surface area contributed by atoms with Gasteiger partial charge in [0.15, 0.2) is 0 Å². The van der Waals surface area contributed by atoms with Crippen molar-refractivity contribution >= 4 is 5.52 Å². The highest BCUT2D eigenvalue weighted by molar-refractivity contribution is 5.53.